The van der Waals surface area contributed by atoms with Gasteiger partial charge in [0.1, 0.15) is 29.0 Å². The third kappa shape index (κ3) is 5.71. The van der Waals surface area contributed by atoms with Crippen molar-refractivity contribution in [2.24, 2.45) is 5.92 Å². The second kappa shape index (κ2) is 10.6. The maximum Gasteiger partial charge on any atom is 0.226 e. The van der Waals surface area contributed by atoms with Gasteiger partial charge in [-0.1, -0.05) is 12.1 Å². The predicted molar refractivity (Wildman–Crippen MR) is 149 cm³/mol. The Hall–Kier alpha value is -3.78. The van der Waals surface area contributed by atoms with Crippen LogP contribution in [0.1, 0.15) is 43.8 Å². The molecule has 0 bridgehead atoms. The highest BCUT2D eigenvalue weighted by molar-refractivity contribution is 7.91. The first-order valence-electron chi connectivity index (χ1n) is 13.9. The molecule has 2 aliphatic carbocycles. The van der Waals surface area contributed by atoms with Crippen LogP contribution in [0.5, 0.6) is 0 Å². The SMILES string of the molecule is N#CC1(NC(=O)C2CC(F)CCC2c2oc(-c3ccc(F)cc3)nc2-c2ccc(N3CCS(=O)(=O)CC3)cc2)CC1. The molecule has 8 nitrogen and oxygen atoms in total. The molecule has 0 radical (unpaired) electrons. The molecule has 3 aliphatic rings. The third-order valence-corrected chi connectivity index (χ3v) is 9.99. The second-order valence-corrected chi connectivity index (χ2v) is 13.5. The number of anilines is 1. The minimum absolute atomic E-state index is 0.0147. The van der Waals surface area contributed by atoms with Crippen molar-refractivity contribution in [1.29, 1.82) is 5.26 Å². The molecule has 2 heterocycles. The number of hydrogen-bond acceptors (Lipinski definition) is 7. The van der Waals surface area contributed by atoms with Crippen LogP contribution in [0.2, 0.25) is 0 Å². The molecular weight excluding hydrogens is 550 g/mol. The summed E-state index contributed by atoms with van der Waals surface area (Å²) >= 11 is 0. The van der Waals surface area contributed by atoms with E-state index < -0.39 is 39.2 Å². The zero-order valence-corrected chi connectivity index (χ0v) is 23.2. The molecule has 1 N–H and O–H groups in total. The fourth-order valence-electron chi connectivity index (χ4n) is 5.75. The monoisotopic (exact) mass is 580 g/mol. The largest absolute Gasteiger partial charge is 0.440 e. The topological polar surface area (TPSA) is 116 Å². The van der Waals surface area contributed by atoms with Crippen molar-refractivity contribution in [1.82, 2.24) is 10.3 Å². The van der Waals surface area contributed by atoms with Crippen LogP contribution < -0.4 is 10.2 Å². The van der Waals surface area contributed by atoms with E-state index in [1.807, 2.05) is 29.2 Å². The molecule has 11 heteroatoms. The van der Waals surface area contributed by atoms with Gasteiger partial charge in [-0.3, -0.25) is 4.79 Å². The number of nitrogens with one attached hydrogen (secondary N) is 1. The van der Waals surface area contributed by atoms with Gasteiger partial charge in [0.15, 0.2) is 9.84 Å². The average Bonchev–Trinajstić information content (AvgIpc) is 3.60. The van der Waals surface area contributed by atoms with Crippen molar-refractivity contribution in [2.45, 2.75) is 49.7 Å². The Bertz CT molecular complexity index is 1580. The van der Waals surface area contributed by atoms with Crippen LogP contribution >= 0.6 is 0 Å². The van der Waals surface area contributed by atoms with Gasteiger partial charge in [0.2, 0.25) is 11.8 Å². The van der Waals surface area contributed by atoms with Gasteiger partial charge in [0, 0.05) is 35.8 Å². The molecule has 1 aromatic heterocycles. The van der Waals surface area contributed by atoms with Crippen LogP contribution in [0.3, 0.4) is 0 Å². The molecule has 1 amide bonds. The standard InChI is InChI=1S/C30H30F2N4O4S/c31-21-5-1-20(2-6-21)29-34-26(19-3-8-23(9-4-19)36-13-15-41(38,39)16-14-36)27(40-29)24-10-7-22(32)17-25(24)28(37)35-30(18-33)11-12-30/h1-6,8-9,22,24-25H,7,10-17H2,(H,35,37). The number of carbonyl (C=O) groups excluding carboxylic acids is 1. The number of amides is 1. The van der Waals surface area contributed by atoms with E-state index in [0.717, 1.165) is 11.3 Å². The first-order valence-corrected chi connectivity index (χ1v) is 15.7. The highest BCUT2D eigenvalue weighted by Gasteiger charge is 2.48. The van der Waals surface area contributed by atoms with Crippen LogP contribution in [-0.4, -0.2) is 55.6 Å². The molecule has 6 rings (SSSR count). The van der Waals surface area contributed by atoms with E-state index in [2.05, 4.69) is 11.4 Å². The van der Waals surface area contributed by atoms with Gasteiger partial charge < -0.3 is 14.6 Å². The minimum Gasteiger partial charge on any atom is -0.440 e. The lowest BCUT2D eigenvalue weighted by atomic mass is 9.75. The van der Waals surface area contributed by atoms with Crippen LogP contribution in [0.15, 0.2) is 52.9 Å². The third-order valence-electron chi connectivity index (χ3n) is 8.38. The molecule has 1 saturated heterocycles. The Labute approximate surface area is 237 Å². The number of sulfone groups is 1. The van der Waals surface area contributed by atoms with E-state index >= 15 is 0 Å². The maximum absolute atomic E-state index is 14.6. The summed E-state index contributed by atoms with van der Waals surface area (Å²) in [5.41, 5.74) is 1.81. The number of aromatic nitrogens is 1. The number of carbonyl (C=O) groups is 1. The van der Waals surface area contributed by atoms with E-state index in [1.54, 1.807) is 12.1 Å². The molecule has 2 saturated carbocycles. The number of nitriles is 1. The number of alkyl halides is 1. The second-order valence-electron chi connectivity index (χ2n) is 11.2. The van der Waals surface area contributed by atoms with E-state index in [1.165, 1.54) is 12.1 Å². The summed E-state index contributed by atoms with van der Waals surface area (Å²) in [6.07, 6.45) is 0.646. The lowest BCUT2D eigenvalue weighted by molar-refractivity contribution is -0.128. The van der Waals surface area contributed by atoms with Gasteiger partial charge in [-0.2, -0.15) is 5.26 Å². The lowest BCUT2D eigenvalue weighted by Gasteiger charge is -2.32. The Morgan fingerprint density at radius 2 is 1.71 bits per heavy atom. The zero-order valence-electron chi connectivity index (χ0n) is 22.4. The molecule has 3 unspecified atom stereocenters. The quantitative estimate of drug-likeness (QED) is 0.446. The minimum atomic E-state index is -3.01. The van der Waals surface area contributed by atoms with Crippen molar-refractivity contribution < 1.29 is 26.4 Å². The van der Waals surface area contributed by atoms with Crippen molar-refractivity contribution >= 4 is 21.4 Å². The molecule has 3 fully saturated rings. The van der Waals surface area contributed by atoms with Gasteiger partial charge in [-0.25, -0.2) is 22.2 Å². The number of benzene rings is 2. The lowest BCUT2D eigenvalue weighted by Crippen LogP contribution is -2.44. The fraction of sp³-hybridized carbons (Fsp3) is 0.433. The summed E-state index contributed by atoms with van der Waals surface area (Å²) in [4.78, 5) is 20.2. The average molecular weight is 581 g/mol. The number of rotatable bonds is 6. The van der Waals surface area contributed by atoms with Crippen LogP contribution in [0.4, 0.5) is 14.5 Å². The van der Waals surface area contributed by atoms with Crippen LogP contribution in [0.25, 0.3) is 22.7 Å². The molecule has 0 spiro atoms. The van der Waals surface area contributed by atoms with E-state index in [-0.39, 0.29) is 36.1 Å². The summed E-state index contributed by atoms with van der Waals surface area (Å²) in [6, 6.07) is 15.5. The van der Waals surface area contributed by atoms with Gasteiger partial charge in [0.05, 0.1) is 23.5 Å². The van der Waals surface area contributed by atoms with Crippen molar-refractivity contribution in [3.63, 3.8) is 0 Å². The van der Waals surface area contributed by atoms with E-state index in [0.29, 0.717) is 49.4 Å². The van der Waals surface area contributed by atoms with Gasteiger partial charge in [-0.15, -0.1) is 0 Å². The zero-order chi connectivity index (χ0) is 28.8. The maximum atomic E-state index is 14.6. The number of hydrogen-bond donors (Lipinski definition) is 1. The van der Waals surface area contributed by atoms with Gasteiger partial charge >= 0.3 is 0 Å². The van der Waals surface area contributed by atoms with E-state index in [4.69, 9.17) is 9.40 Å². The first-order chi connectivity index (χ1) is 19.7. The highest BCUT2D eigenvalue weighted by atomic mass is 32.2. The van der Waals surface area contributed by atoms with Crippen molar-refractivity contribution in [2.75, 3.05) is 29.5 Å². The molecule has 3 aromatic rings. The molecular formula is C30H30F2N4O4S. The van der Waals surface area contributed by atoms with Gasteiger partial charge in [-0.05, 0) is 68.5 Å². The summed E-state index contributed by atoms with van der Waals surface area (Å²) in [7, 11) is -3.01. The Morgan fingerprint density at radius 1 is 1.05 bits per heavy atom. The Morgan fingerprint density at radius 3 is 2.34 bits per heavy atom. The summed E-state index contributed by atoms with van der Waals surface area (Å²) < 4.78 is 58.3. The molecule has 2 aromatic carbocycles. The normalized spacial score (nSPS) is 24.8. The summed E-state index contributed by atoms with van der Waals surface area (Å²) in [6.45, 7) is 0.831. The fourth-order valence-corrected chi connectivity index (χ4v) is 6.95. The molecule has 41 heavy (non-hydrogen) atoms. The van der Waals surface area contributed by atoms with Crippen LogP contribution in [-0.2, 0) is 14.6 Å². The highest BCUT2D eigenvalue weighted by Crippen LogP contribution is 2.45. The van der Waals surface area contributed by atoms with Crippen LogP contribution in [0, 0.1) is 23.1 Å². The van der Waals surface area contributed by atoms with E-state index in [9.17, 15) is 27.3 Å². The first kappa shape index (κ1) is 27.4. The smallest absolute Gasteiger partial charge is 0.226 e. The van der Waals surface area contributed by atoms with Crippen molar-refractivity contribution in [3.05, 3.63) is 60.1 Å². The van der Waals surface area contributed by atoms with Gasteiger partial charge in [0.25, 0.3) is 0 Å². The number of nitrogens with zero attached hydrogens (tertiary/aromatic N) is 3. The number of halogens is 2. The molecule has 214 valence electrons. The summed E-state index contributed by atoms with van der Waals surface area (Å²) in [5.74, 6) is -1.04. The molecule has 1 aliphatic heterocycles. The number of oxazole rings is 1. The Balaban J connectivity index is 1.36. The Kier molecular flexibility index (Phi) is 7.06. The van der Waals surface area contributed by atoms with Crippen molar-refractivity contribution in [3.8, 4) is 28.8 Å². The predicted octanol–water partition coefficient (Wildman–Crippen LogP) is 4.78. The summed E-state index contributed by atoms with van der Waals surface area (Å²) in [5, 5.41) is 12.3. The molecule has 3 atom stereocenters.